The molecule has 1 atom stereocenters. The second kappa shape index (κ2) is 4.53. The first-order chi connectivity index (χ1) is 7.31. The summed E-state index contributed by atoms with van der Waals surface area (Å²) in [7, 11) is 0. The number of carboxylic acid groups (broad SMARTS) is 1. The molecule has 0 aliphatic carbocycles. The molecule has 1 rings (SSSR count). The lowest BCUT2D eigenvalue weighted by atomic mass is 10.1. The summed E-state index contributed by atoms with van der Waals surface area (Å²) in [6.45, 7) is 5.29. The number of nitrogens with two attached hydrogens (primary N) is 1. The van der Waals surface area contributed by atoms with Crippen molar-refractivity contribution < 1.29 is 14.6 Å². The highest BCUT2D eigenvalue weighted by atomic mass is 16.5. The fourth-order valence-electron chi connectivity index (χ4n) is 1.31. The largest absolute Gasteiger partial charge is 0.491 e. The number of rotatable bonds is 4. The molecule has 16 heavy (non-hydrogen) atoms. The number of ether oxygens (including phenoxy) is 1. The molecule has 1 unspecified atom stereocenters. The third kappa shape index (κ3) is 3.24. The zero-order valence-electron chi connectivity index (χ0n) is 9.78. The number of aryl methyl sites for hydroxylation is 2. The van der Waals surface area contributed by atoms with E-state index in [1.807, 2.05) is 32.0 Å². The summed E-state index contributed by atoms with van der Waals surface area (Å²) in [4.78, 5) is 10.8. The van der Waals surface area contributed by atoms with Gasteiger partial charge in [-0.2, -0.15) is 0 Å². The minimum atomic E-state index is -1.36. The fourth-order valence-corrected chi connectivity index (χ4v) is 1.31. The summed E-state index contributed by atoms with van der Waals surface area (Å²) in [5.41, 5.74) is 6.34. The minimum absolute atomic E-state index is 0.0504. The molecule has 0 amide bonds. The van der Waals surface area contributed by atoms with Crippen LogP contribution in [0, 0.1) is 13.8 Å². The molecule has 4 nitrogen and oxygen atoms in total. The smallest absolute Gasteiger partial charge is 0.326 e. The lowest BCUT2D eigenvalue weighted by molar-refractivity contribution is -0.143. The van der Waals surface area contributed by atoms with Gasteiger partial charge in [0.1, 0.15) is 17.9 Å². The van der Waals surface area contributed by atoms with Crippen LogP contribution in [-0.2, 0) is 4.79 Å². The lowest BCUT2D eigenvalue weighted by Gasteiger charge is -2.19. The number of carbonyl (C=O) groups is 1. The Hall–Kier alpha value is -1.55. The average molecular weight is 223 g/mol. The van der Waals surface area contributed by atoms with Crippen LogP contribution in [0.25, 0.3) is 0 Å². The molecular formula is C12H17NO3. The molecule has 0 bridgehead atoms. The van der Waals surface area contributed by atoms with Crippen molar-refractivity contribution in [1.82, 2.24) is 0 Å². The van der Waals surface area contributed by atoms with Crippen LogP contribution in [0.5, 0.6) is 5.75 Å². The van der Waals surface area contributed by atoms with Crippen molar-refractivity contribution in [2.75, 3.05) is 6.61 Å². The molecule has 0 aromatic heterocycles. The molecule has 0 fully saturated rings. The number of carboxylic acids is 1. The van der Waals surface area contributed by atoms with E-state index in [9.17, 15) is 4.79 Å². The van der Waals surface area contributed by atoms with Crippen LogP contribution in [0.15, 0.2) is 18.2 Å². The maximum Gasteiger partial charge on any atom is 0.326 e. The van der Waals surface area contributed by atoms with Crippen molar-refractivity contribution in [2.24, 2.45) is 5.73 Å². The van der Waals surface area contributed by atoms with Crippen LogP contribution in [-0.4, -0.2) is 23.2 Å². The van der Waals surface area contributed by atoms with Gasteiger partial charge >= 0.3 is 5.97 Å². The quantitative estimate of drug-likeness (QED) is 0.811. The van der Waals surface area contributed by atoms with Crippen LogP contribution in [0.4, 0.5) is 0 Å². The summed E-state index contributed by atoms with van der Waals surface area (Å²) in [6.07, 6.45) is 0. The fraction of sp³-hybridized carbons (Fsp3) is 0.417. The third-order valence-corrected chi connectivity index (χ3v) is 2.22. The van der Waals surface area contributed by atoms with Crippen LogP contribution in [0.3, 0.4) is 0 Å². The van der Waals surface area contributed by atoms with Gasteiger partial charge in [-0.15, -0.1) is 0 Å². The SMILES string of the molecule is Cc1cc(C)cc(OCC(C)(N)C(=O)O)c1. The van der Waals surface area contributed by atoms with Gasteiger partial charge in [0.15, 0.2) is 0 Å². The topological polar surface area (TPSA) is 72.5 Å². The number of hydrogen-bond acceptors (Lipinski definition) is 3. The molecule has 1 aromatic rings. The standard InChI is InChI=1S/C12H17NO3/c1-8-4-9(2)6-10(5-8)16-7-12(3,13)11(14)15/h4-6H,7,13H2,1-3H3,(H,14,15). The summed E-state index contributed by atoms with van der Waals surface area (Å²) in [5.74, 6) is -0.424. The molecule has 4 heteroatoms. The van der Waals surface area contributed by atoms with Crippen molar-refractivity contribution in [3.63, 3.8) is 0 Å². The number of hydrogen-bond donors (Lipinski definition) is 2. The summed E-state index contributed by atoms with van der Waals surface area (Å²) >= 11 is 0. The zero-order chi connectivity index (χ0) is 12.3. The molecule has 0 heterocycles. The van der Waals surface area contributed by atoms with Crippen LogP contribution in [0.1, 0.15) is 18.1 Å². The zero-order valence-corrected chi connectivity index (χ0v) is 9.78. The van der Waals surface area contributed by atoms with Gasteiger partial charge < -0.3 is 15.6 Å². The van der Waals surface area contributed by atoms with E-state index in [2.05, 4.69) is 0 Å². The van der Waals surface area contributed by atoms with Crippen molar-refractivity contribution in [3.8, 4) is 5.75 Å². The molecule has 1 aromatic carbocycles. The van der Waals surface area contributed by atoms with E-state index in [1.165, 1.54) is 6.92 Å². The Morgan fingerprint density at radius 1 is 1.38 bits per heavy atom. The van der Waals surface area contributed by atoms with Gasteiger partial charge in [-0.25, -0.2) is 0 Å². The monoisotopic (exact) mass is 223 g/mol. The van der Waals surface area contributed by atoms with E-state index in [1.54, 1.807) is 0 Å². The Kier molecular flexibility index (Phi) is 3.55. The average Bonchev–Trinajstić information content (AvgIpc) is 2.13. The highest BCUT2D eigenvalue weighted by molar-refractivity contribution is 5.78. The molecule has 0 radical (unpaired) electrons. The van der Waals surface area contributed by atoms with Crippen molar-refractivity contribution >= 4 is 5.97 Å². The van der Waals surface area contributed by atoms with E-state index in [-0.39, 0.29) is 6.61 Å². The summed E-state index contributed by atoms with van der Waals surface area (Å²) < 4.78 is 5.39. The third-order valence-electron chi connectivity index (χ3n) is 2.22. The molecule has 0 aliphatic rings. The number of benzene rings is 1. The van der Waals surface area contributed by atoms with Crippen LogP contribution in [0.2, 0.25) is 0 Å². The van der Waals surface area contributed by atoms with Gasteiger partial charge in [-0.1, -0.05) is 6.07 Å². The Morgan fingerprint density at radius 3 is 2.31 bits per heavy atom. The Labute approximate surface area is 95.0 Å². The molecule has 0 saturated carbocycles. The minimum Gasteiger partial charge on any atom is -0.491 e. The second-order valence-corrected chi connectivity index (χ2v) is 4.33. The first-order valence-corrected chi connectivity index (χ1v) is 5.04. The van der Waals surface area contributed by atoms with E-state index in [0.29, 0.717) is 5.75 Å². The van der Waals surface area contributed by atoms with E-state index >= 15 is 0 Å². The van der Waals surface area contributed by atoms with Gasteiger partial charge in [0.05, 0.1) is 0 Å². The molecule has 3 N–H and O–H groups in total. The van der Waals surface area contributed by atoms with Crippen molar-refractivity contribution in [2.45, 2.75) is 26.3 Å². The van der Waals surface area contributed by atoms with E-state index in [0.717, 1.165) is 11.1 Å². The predicted molar refractivity (Wildman–Crippen MR) is 61.6 cm³/mol. The molecule has 0 aliphatic heterocycles. The summed E-state index contributed by atoms with van der Waals surface area (Å²) in [5, 5.41) is 8.82. The lowest BCUT2D eigenvalue weighted by Crippen LogP contribution is -2.49. The van der Waals surface area contributed by atoms with Gasteiger partial charge in [-0.3, -0.25) is 4.79 Å². The molecule has 0 spiro atoms. The number of aliphatic carboxylic acids is 1. The summed E-state index contributed by atoms with van der Waals surface area (Å²) in [6, 6.07) is 5.72. The highest BCUT2D eigenvalue weighted by Gasteiger charge is 2.28. The maximum absolute atomic E-state index is 10.8. The van der Waals surface area contributed by atoms with Gasteiger partial charge in [0.2, 0.25) is 0 Å². The second-order valence-electron chi connectivity index (χ2n) is 4.33. The van der Waals surface area contributed by atoms with E-state index in [4.69, 9.17) is 15.6 Å². The first-order valence-electron chi connectivity index (χ1n) is 5.04. The van der Waals surface area contributed by atoms with Gasteiger partial charge in [0, 0.05) is 0 Å². The Bertz CT molecular complexity index is 379. The van der Waals surface area contributed by atoms with Crippen LogP contribution < -0.4 is 10.5 Å². The van der Waals surface area contributed by atoms with Gasteiger partial charge in [0.25, 0.3) is 0 Å². The molecular weight excluding hydrogens is 206 g/mol. The van der Waals surface area contributed by atoms with Crippen molar-refractivity contribution in [3.05, 3.63) is 29.3 Å². The van der Waals surface area contributed by atoms with Gasteiger partial charge in [-0.05, 0) is 44.0 Å². The predicted octanol–water partition coefficient (Wildman–Crippen LogP) is 1.48. The normalized spacial score (nSPS) is 14.2. The Balaban J connectivity index is 2.71. The Morgan fingerprint density at radius 2 is 1.88 bits per heavy atom. The van der Waals surface area contributed by atoms with E-state index < -0.39 is 11.5 Å². The molecule has 88 valence electrons. The first kappa shape index (κ1) is 12.5. The van der Waals surface area contributed by atoms with Crippen molar-refractivity contribution in [1.29, 1.82) is 0 Å². The highest BCUT2D eigenvalue weighted by Crippen LogP contribution is 2.17. The molecule has 0 saturated heterocycles. The van der Waals surface area contributed by atoms with Crippen LogP contribution >= 0.6 is 0 Å². The maximum atomic E-state index is 10.8.